The fourth-order valence-electron chi connectivity index (χ4n) is 3.38. The number of nitrogens with one attached hydrogen (secondary N) is 1. The Morgan fingerprint density at radius 3 is 2.33 bits per heavy atom. The van der Waals surface area contributed by atoms with E-state index in [0.717, 1.165) is 48.7 Å². The standard InChI is InChI=1S/C23H25N5O2/c1-27-10-12-28(13-11-27)22(29)18-4-3-5-20(14-18)26-23-24-15-19(16-25-23)17-6-8-21(30-2)9-7-17/h3-9,14-16H,10-13H2,1-2H3,(H,24,25,26). The summed E-state index contributed by atoms with van der Waals surface area (Å²) in [5.41, 5.74) is 3.39. The molecule has 7 heteroatoms. The number of carbonyl (C=O) groups excluding carboxylic acids is 1. The van der Waals surface area contributed by atoms with Gasteiger partial charge >= 0.3 is 0 Å². The van der Waals surface area contributed by atoms with E-state index >= 15 is 0 Å². The number of likely N-dealkylation sites (N-methyl/N-ethyl adjacent to an activating group) is 1. The van der Waals surface area contributed by atoms with E-state index in [1.165, 1.54) is 0 Å². The smallest absolute Gasteiger partial charge is 0.254 e. The minimum absolute atomic E-state index is 0.0579. The Balaban J connectivity index is 1.44. The lowest BCUT2D eigenvalue weighted by atomic mass is 10.1. The minimum atomic E-state index is 0.0579. The Morgan fingerprint density at radius 2 is 1.67 bits per heavy atom. The van der Waals surface area contributed by atoms with E-state index < -0.39 is 0 Å². The Bertz CT molecular complexity index is 997. The number of ether oxygens (including phenoxy) is 1. The maximum Gasteiger partial charge on any atom is 0.254 e. The number of hydrogen-bond acceptors (Lipinski definition) is 6. The zero-order chi connectivity index (χ0) is 20.9. The van der Waals surface area contributed by atoms with Crippen LogP contribution in [0.1, 0.15) is 10.4 Å². The van der Waals surface area contributed by atoms with Gasteiger partial charge in [0.2, 0.25) is 5.95 Å². The van der Waals surface area contributed by atoms with Gasteiger partial charge < -0.3 is 19.9 Å². The molecule has 0 saturated carbocycles. The molecule has 1 amide bonds. The average molecular weight is 403 g/mol. The highest BCUT2D eigenvalue weighted by Crippen LogP contribution is 2.22. The van der Waals surface area contributed by atoms with Crippen LogP contribution in [-0.2, 0) is 0 Å². The first-order valence-corrected chi connectivity index (χ1v) is 9.94. The van der Waals surface area contributed by atoms with Crippen LogP contribution in [0.3, 0.4) is 0 Å². The fraction of sp³-hybridized carbons (Fsp3) is 0.261. The molecule has 1 aliphatic rings. The summed E-state index contributed by atoms with van der Waals surface area (Å²) in [7, 11) is 3.72. The van der Waals surface area contributed by atoms with E-state index in [0.29, 0.717) is 11.5 Å². The number of nitrogens with zero attached hydrogens (tertiary/aromatic N) is 4. The molecule has 154 valence electrons. The first-order chi connectivity index (χ1) is 14.6. The molecular weight excluding hydrogens is 378 g/mol. The van der Waals surface area contributed by atoms with E-state index in [9.17, 15) is 4.79 Å². The maximum absolute atomic E-state index is 12.8. The molecule has 1 fully saturated rings. The number of benzene rings is 2. The van der Waals surface area contributed by atoms with Crippen LogP contribution in [0.2, 0.25) is 0 Å². The fourth-order valence-corrected chi connectivity index (χ4v) is 3.38. The number of piperazine rings is 1. The van der Waals surface area contributed by atoms with Crippen LogP contribution in [0, 0.1) is 0 Å². The first kappa shape index (κ1) is 19.8. The minimum Gasteiger partial charge on any atom is -0.497 e. The largest absolute Gasteiger partial charge is 0.497 e. The Hall–Kier alpha value is -3.45. The molecule has 0 radical (unpaired) electrons. The molecule has 0 bridgehead atoms. The van der Waals surface area contributed by atoms with Crippen molar-refractivity contribution in [2.75, 3.05) is 45.7 Å². The summed E-state index contributed by atoms with van der Waals surface area (Å²) in [4.78, 5) is 25.8. The molecule has 0 unspecified atom stereocenters. The maximum atomic E-state index is 12.8. The van der Waals surface area contributed by atoms with Gasteiger partial charge in [-0.15, -0.1) is 0 Å². The third-order valence-corrected chi connectivity index (χ3v) is 5.23. The quantitative estimate of drug-likeness (QED) is 0.705. The van der Waals surface area contributed by atoms with Crippen LogP contribution < -0.4 is 10.1 Å². The van der Waals surface area contributed by atoms with Gasteiger partial charge in [0.05, 0.1) is 7.11 Å². The van der Waals surface area contributed by atoms with Gasteiger partial charge in [-0.2, -0.15) is 0 Å². The summed E-state index contributed by atoms with van der Waals surface area (Å²) in [5.74, 6) is 1.35. The van der Waals surface area contributed by atoms with Crippen LogP contribution >= 0.6 is 0 Å². The van der Waals surface area contributed by atoms with Gasteiger partial charge in [-0.05, 0) is 42.9 Å². The van der Waals surface area contributed by atoms with Crippen LogP contribution in [-0.4, -0.2) is 66.0 Å². The summed E-state index contributed by atoms with van der Waals surface area (Å²) >= 11 is 0. The van der Waals surface area contributed by atoms with Crippen molar-refractivity contribution >= 4 is 17.5 Å². The lowest BCUT2D eigenvalue weighted by Crippen LogP contribution is -2.47. The Kier molecular flexibility index (Phi) is 5.90. The van der Waals surface area contributed by atoms with Gasteiger partial charge in [0.1, 0.15) is 5.75 Å². The molecule has 1 aliphatic heterocycles. The van der Waals surface area contributed by atoms with Gasteiger partial charge in [-0.1, -0.05) is 18.2 Å². The van der Waals surface area contributed by atoms with Crippen LogP contribution in [0.25, 0.3) is 11.1 Å². The Labute approximate surface area is 176 Å². The molecule has 0 spiro atoms. The number of hydrogen-bond donors (Lipinski definition) is 1. The molecule has 4 rings (SSSR count). The molecule has 1 aromatic heterocycles. The van der Waals surface area contributed by atoms with Crippen LogP contribution in [0.4, 0.5) is 11.6 Å². The number of anilines is 2. The normalized spacial score (nSPS) is 14.4. The van der Waals surface area contributed by atoms with Crippen molar-refractivity contribution in [3.05, 3.63) is 66.5 Å². The molecule has 30 heavy (non-hydrogen) atoms. The molecule has 1 saturated heterocycles. The van der Waals surface area contributed by atoms with Crippen molar-refractivity contribution in [3.63, 3.8) is 0 Å². The molecule has 2 aromatic carbocycles. The lowest BCUT2D eigenvalue weighted by Gasteiger charge is -2.32. The van der Waals surface area contributed by atoms with Crippen molar-refractivity contribution in [2.24, 2.45) is 0 Å². The zero-order valence-electron chi connectivity index (χ0n) is 17.2. The summed E-state index contributed by atoms with van der Waals surface area (Å²) < 4.78 is 5.19. The second-order valence-corrected chi connectivity index (χ2v) is 7.33. The highest BCUT2D eigenvalue weighted by atomic mass is 16.5. The lowest BCUT2D eigenvalue weighted by molar-refractivity contribution is 0.0664. The Morgan fingerprint density at radius 1 is 0.967 bits per heavy atom. The second-order valence-electron chi connectivity index (χ2n) is 7.33. The van der Waals surface area contributed by atoms with Crippen molar-refractivity contribution in [2.45, 2.75) is 0 Å². The van der Waals surface area contributed by atoms with Gasteiger partial charge in [-0.25, -0.2) is 9.97 Å². The van der Waals surface area contributed by atoms with Crippen LogP contribution in [0.15, 0.2) is 60.9 Å². The second kappa shape index (κ2) is 8.92. The predicted octanol–water partition coefficient (Wildman–Crippen LogP) is 3.28. The average Bonchev–Trinajstić information content (AvgIpc) is 2.80. The van der Waals surface area contributed by atoms with E-state index in [-0.39, 0.29) is 5.91 Å². The van der Waals surface area contributed by atoms with E-state index in [2.05, 4.69) is 27.2 Å². The van der Waals surface area contributed by atoms with E-state index in [1.54, 1.807) is 19.5 Å². The van der Waals surface area contributed by atoms with Gasteiger partial charge in [0.25, 0.3) is 5.91 Å². The van der Waals surface area contributed by atoms with E-state index in [1.807, 2.05) is 53.4 Å². The topological polar surface area (TPSA) is 70.6 Å². The van der Waals surface area contributed by atoms with Gasteiger partial charge in [0, 0.05) is 55.4 Å². The van der Waals surface area contributed by atoms with Crippen molar-refractivity contribution < 1.29 is 9.53 Å². The number of carbonyl (C=O) groups is 1. The third-order valence-electron chi connectivity index (χ3n) is 5.23. The molecule has 3 aromatic rings. The van der Waals surface area contributed by atoms with Gasteiger partial charge in [0.15, 0.2) is 0 Å². The SMILES string of the molecule is COc1ccc(-c2cnc(Nc3cccc(C(=O)N4CCN(C)CC4)c3)nc2)cc1. The number of rotatable bonds is 5. The molecule has 1 N–H and O–H groups in total. The molecule has 0 aliphatic carbocycles. The zero-order valence-corrected chi connectivity index (χ0v) is 17.2. The highest BCUT2D eigenvalue weighted by Gasteiger charge is 2.20. The summed E-state index contributed by atoms with van der Waals surface area (Å²) in [6.45, 7) is 3.31. The van der Waals surface area contributed by atoms with Crippen molar-refractivity contribution in [1.29, 1.82) is 0 Å². The molecule has 0 atom stereocenters. The monoisotopic (exact) mass is 403 g/mol. The summed E-state index contributed by atoms with van der Waals surface area (Å²) in [5, 5.41) is 3.18. The van der Waals surface area contributed by atoms with Gasteiger partial charge in [-0.3, -0.25) is 4.79 Å². The number of amides is 1. The van der Waals surface area contributed by atoms with Crippen molar-refractivity contribution in [1.82, 2.24) is 19.8 Å². The summed E-state index contributed by atoms with van der Waals surface area (Å²) in [6, 6.07) is 15.2. The molecular formula is C23H25N5O2. The first-order valence-electron chi connectivity index (χ1n) is 9.94. The predicted molar refractivity (Wildman–Crippen MR) is 117 cm³/mol. The van der Waals surface area contributed by atoms with Crippen molar-refractivity contribution in [3.8, 4) is 16.9 Å². The van der Waals surface area contributed by atoms with E-state index in [4.69, 9.17) is 4.74 Å². The van der Waals surface area contributed by atoms with Crippen LogP contribution in [0.5, 0.6) is 5.75 Å². The third kappa shape index (κ3) is 4.58. The summed E-state index contributed by atoms with van der Waals surface area (Å²) in [6.07, 6.45) is 3.55. The molecule has 7 nitrogen and oxygen atoms in total. The molecule has 2 heterocycles. The number of aromatic nitrogens is 2. The highest BCUT2D eigenvalue weighted by molar-refractivity contribution is 5.95. The number of methoxy groups -OCH3 is 1.